The largest absolute Gasteiger partial charge is 0.487 e. The van der Waals surface area contributed by atoms with E-state index in [1.54, 1.807) is 66.4 Å². The maximum absolute atomic E-state index is 13.0. The van der Waals surface area contributed by atoms with Gasteiger partial charge in [-0.05, 0) is 35.9 Å². The van der Waals surface area contributed by atoms with Gasteiger partial charge in [0.1, 0.15) is 35.0 Å². The van der Waals surface area contributed by atoms with Crippen LogP contribution in [0, 0.1) is 5.82 Å². The number of allylic oxidation sites excluding steroid dienone is 1. The normalized spacial score (nSPS) is 11.2. The van der Waals surface area contributed by atoms with Crippen LogP contribution in [0.3, 0.4) is 0 Å². The molecule has 0 fully saturated rings. The number of carbonyl (C=O) groups is 1. The van der Waals surface area contributed by atoms with Crippen molar-refractivity contribution in [3.63, 3.8) is 0 Å². The van der Waals surface area contributed by atoms with Gasteiger partial charge in [-0.25, -0.2) is 13.9 Å². The first-order valence-corrected chi connectivity index (χ1v) is 10.1. The Morgan fingerprint density at radius 2 is 1.97 bits per heavy atom. The van der Waals surface area contributed by atoms with E-state index in [1.807, 2.05) is 0 Å². The molecule has 33 heavy (non-hydrogen) atoms. The molecule has 0 bridgehead atoms. The van der Waals surface area contributed by atoms with E-state index < -0.39 is 11.4 Å². The Morgan fingerprint density at radius 1 is 1.18 bits per heavy atom. The molecule has 0 saturated carbocycles. The predicted molar refractivity (Wildman–Crippen MR) is 119 cm³/mol. The maximum Gasteiger partial charge on any atom is 0.347 e. The third-order valence-electron chi connectivity index (χ3n) is 4.73. The Balaban J connectivity index is 1.43. The Hall–Kier alpha value is -4.27. The smallest absolute Gasteiger partial charge is 0.347 e. The number of fused-ring (bicyclic) bond motifs is 1. The standard InChI is InChI=1S/C24H21FN4O4/c1-28(2)10-9-22(30)21-11-17-5-8-20(12-23(17)33-24(21)31)32-15-19-14-29(27-26-19)13-16-3-6-18(25)7-4-16/h3-12,14H,13,15H2,1-2H3/b10-9+. The number of carbonyl (C=O) groups excluding carboxylic acids is 1. The molecule has 0 unspecified atom stereocenters. The monoisotopic (exact) mass is 448 g/mol. The summed E-state index contributed by atoms with van der Waals surface area (Å²) in [4.78, 5) is 26.2. The molecule has 0 aliphatic heterocycles. The lowest BCUT2D eigenvalue weighted by Crippen LogP contribution is -2.13. The van der Waals surface area contributed by atoms with E-state index in [-0.39, 0.29) is 18.0 Å². The first-order valence-electron chi connectivity index (χ1n) is 10.1. The van der Waals surface area contributed by atoms with Crippen molar-refractivity contribution in [2.45, 2.75) is 13.2 Å². The third kappa shape index (κ3) is 5.51. The summed E-state index contributed by atoms with van der Waals surface area (Å²) < 4.78 is 25.7. The van der Waals surface area contributed by atoms with Gasteiger partial charge in [0.15, 0.2) is 5.78 Å². The zero-order valence-electron chi connectivity index (χ0n) is 18.1. The zero-order chi connectivity index (χ0) is 23.4. The Bertz CT molecular complexity index is 1370. The van der Waals surface area contributed by atoms with Crippen molar-refractivity contribution in [2.24, 2.45) is 0 Å². The number of ether oxygens (including phenoxy) is 1. The molecule has 0 radical (unpaired) electrons. The van der Waals surface area contributed by atoms with Crippen LogP contribution in [0.4, 0.5) is 4.39 Å². The van der Waals surface area contributed by atoms with Gasteiger partial charge in [0.2, 0.25) is 0 Å². The summed E-state index contributed by atoms with van der Waals surface area (Å²) in [6.07, 6.45) is 4.63. The molecule has 2 heterocycles. The molecule has 2 aromatic carbocycles. The fourth-order valence-electron chi connectivity index (χ4n) is 3.08. The molecule has 0 aliphatic rings. The first kappa shape index (κ1) is 21.9. The molecule has 8 nitrogen and oxygen atoms in total. The van der Waals surface area contributed by atoms with Crippen LogP contribution in [0.2, 0.25) is 0 Å². The molecule has 0 atom stereocenters. The number of hydrogen-bond acceptors (Lipinski definition) is 7. The van der Waals surface area contributed by atoms with Gasteiger partial charge in [-0.15, -0.1) is 5.10 Å². The fraction of sp³-hybridized carbons (Fsp3) is 0.167. The van der Waals surface area contributed by atoms with Gasteiger partial charge < -0.3 is 14.1 Å². The highest BCUT2D eigenvalue weighted by molar-refractivity contribution is 6.05. The number of nitrogens with zero attached hydrogens (tertiary/aromatic N) is 4. The van der Waals surface area contributed by atoms with E-state index in [0.717, 1.165) is 5.56 Å². The first-order chi connectivity index (χ1) is 15.9. The molecule has 4 aromatic rings. The summed E-state index contributed by atoms with van der Waals surface area (Å²) in [7, 11) is 3.56. The predicted octanol–water partition coefficient (Wildman–Crippen LogP) is 3.41. The van der Waals surface area contributed by atoms with Crippen molar-refractivity contribution < 1.29 is 18.3 Å². The van der Waals surface area contributed by atoms with Crippen molar-refractivity contribution >= 4 is 16.8 Å². The second kappa shape index (κ2) is 9.47. The van der Waals surface area contributed by atoms with Crippen LogP contribution in [0.25, 0.3) is 11.0 Å². The maximum atomic E-state index is 13.0. The average molecular weight is 448 g/mol. The second-order valence-electron chi connectivity index (χ2n) is 7.61. The third-order valence-corrected chi connectivity index (χ3v) is 4.73. The average Bonchev–Trinajstić information content (AvgIpc) is 3.24. The van der Waals surface area contributed by atoms with Crippen LogP contribution in [0.15, 0.2) is 76.2 Å². The van der Waals surface area contributed by atoms with Crippen LogP contribution >= 0.6 is 0 Å². The van der Waals surface area contributed by atoms with Crippen molar-refractivity contribution in [3.05, 3.63) is 100 Å². The summed E-state index contributed by atoms with van der Waals surface area (Å²) in [5, 5.41) is 8.73. The number of ketones is 1. The lowest BCUT2D eigenvalue weighted by Gasteiger charge is -2.06. The molecule has 0 aliphatic carbocycles. The number of rotatable bonds is 8. The molecule has 9 heteroatoms. The minimum Gasteiger partial charge on any atom is -0.487 e. The molecule has 4 rings (SSSR count). The van der Waals surface area contributed by atoms with Crippen LogP contribution in [0.1, 0.15) is 21.6 Å². The van der Waals surface area contributed by atoms with Gasteiger partial charge in [0, 0.05) is 37.8 Å². The molecule has 2 aromatic heterocycles. The number of halogens is 1. The Kier molecular flexibility index (Phi) is 6.30. The van der Waals surface area contributed by atoms with Crippen LogP contribution in [0.5, 0.6) is 5.75 Å². The quantitative estimate of drug-likeness (QED) is 0.232. The lowest BCUT2D eigenvalue weighted by molar-refractivity contribution is 0.104. The van der Waals surface area contributed by atoms with Crippen LogP contribution in [-0.2, 0) is 13.2 Å². The highest BCUT2D eigenvalue weighted by Crippen LogP contribution is 2.21. The van der Waals surface area contributed by atoms with Gasteiger partial charge in [0.25, 0.3) is 0 Å². The summed E-state index contributed by atoms with van der Waals surface area (Å²) in [6, 6.07) is 12.7. The SMILES string of the molecule is CN(C)/C=C/C(=O)c1cc2ccc(OCc3cn(Cc4ccc(F)cc4)nn3)cc2oc1=O. The van der Waals surface area contributed by atoms with Gasteiger partial charge in [0.05, 0.1) is 12.7 Å². The summed E-state index contributed by atoms with van der Waals surface area (Å²) in [5.74, 6) is -0.240. The Labute approximate surface area is 188 Å². The number of hydrogen-bond donors (Lipinski definition) is 0. The van der Waals surface area contributed by atoms with Gasteiger partial charge in [-0.1, -0.05) is 17.3 Å². The van der Waals surface area contributed by atoms with E-state index in [4.69, 9.17) is 9.15 Å². The van der Waals surface area contributed by atoms with Gasteiger partial charge in [-0.3, -0.25) is 4.79 Å². The van der Waals surface area contributed by atoms with Crippen LogP contribution < -0.4 is 10.4 Å². The van der Waals surface area contributed by atoms with E-state index in [0.29, 0.717) is 29.0 Å². The van der Waals surface area contributed by atoms with Crippen LogP contribution in [-0.4, -0.2) is 39.8 Å². The van der Waals surface area contributed by atoms with E-state index in [1.165, 1.54) is 24.3 Å². The Morgan fingerprint density at radius 3 is 2.73 bits per heavy atom. The van der Waals surface area contributed by atoms with E-state index >= 15 is 0 Å². The topological polar surface area (TPSA) is 90.5 Å². The van der Waals surface area contributed by atoms with Crippen molar-refractivity contribution in [1.29, 1.82) is 0 Å². The molecular formula is C24H21FN4O4. The fourth-order valence-corrected chi connectivity index (χ4v) is 3.08. The lowest BCUT2D eigenvalue weighted by atomic mass is 10.1. The molecule has 0 amide bonds. The van der Waals surface area contributed by atoms with Gasteiger partial charge in [-0.2, -0.15) is 0 Å². The molecular weight excluding hydrogens is 427 g/mol. The minimum absolute atomic E-state index is 0.0352. The molecule has 0 N–H and O–H groups in total. The highest BCUT2D eigenvalue weighted by atomic mass is 19.1. The van der Waals surface area contributed by atoms with Crippen molar-refractivity contribution in [2.75, 3.05) is 14.1 Å². The molecule has 168 valence electrons. The summed E-state index contributed by atoms with van der Waals surface area (Å²) >= 11 is 0. The molecule has 0 saturated heterocycles. The van der Waals surface area contributed by atoms with Crippen molar-refractivity contribution in [3.8, 4) is 5.75 Å². The van der Waals surface area contributed by atoms with E-state index in [9.17, 15) is 14.0 Å². The van der Waals surface area contributed by atoms with Gasteiger partial charge >= 0.3 is 5.63 Å². The summed E-state index contributed by atoms with van der Waals surface area (Å²) in [6.45, 7) is 0.615. The van der Waals surface area contributed by atoms with Crippen molar-refractivity contribution in [1.82, 2.24) is 19.9 Å². The zero-order valence-corrected chi connectivity index (χ0v) is 18.1. The van der Waals surface area contributed by atoms with E-state index in [2.05, 4.69) is 10.3 Å². The molecule has 0 spiro atoms. The second-order valence-corrected chi connectivity index (χ2v) is 7.61. The number of benzene rings is 2. The minimum atomic E-state index is -0.711. The highest BCUT2D eigenvalue weighted by Gasteiger charge is 2.12. The number of aromatic nitrogens is 3. The summed E-state index contributed by atoms with van der Waals surface area (Å²) in [5.41, 5.74) is 1.06.